The molecule has 0 saturated carbocycles. The summed E-state index contributed by atoms with van der Waals surface area (Å²) in [5, 5.41) is 20.7. The van der Waals surface area contributed by atoms with Gasteiger partial charge in [0.25, 0.3) is 0 Å². The molecule has 23 heavy (non-hydrogen) atoms. The van der Waals surface area contributed by atoms with Gasteiger partial charge in [0.15, 0.2) is 5.82 Å². The van der Waals surface area contributed by atoms with Crippen LogP contribution in [0, 0.1) is 25.2 Å². The van der Waals surface area contributed by atoms with Gasteiger partial charge in [0, 0.05) is 18.1 Å². The second-order valence-corrected chi connectivity index (χ2v) is 5.15. The Morgan fingerprint density at radius 1 is 1.17 bits per heavy atom. The average Bonchev–Trinajstić information content (AvgIpc) is 3.05. The fourth-order valence-electron chi connectivity index (χ4n) is 2.32. The summed E-state index contributed by atoms with van der Waals surface area (Å²) in [5.41, 5.74) is 3.16. The largest absolute Gasteiger partial charge is 0.360 e. The van der Waals surface area contributed by atoms with E-state index in [0.717, 1.165) is 22.8 Å². The number of hydrogen-bond donors (Lipinski definition) is 1. The van der Waals surface area contributed by atoms with Gasteiger partial charge in [0.05, 0.1) is 12.2 Å². The maximum Gasteiger partial charge on any atom is 0.167 e. The molecule has 0 atom stereocenters. The van der Waals surface area contributed by atoms with Crippen LogP contribution in [0.2, 0.25) is 0 Å². The van der Waals surface area contributed by atoms with Gasteiger partial charge in [0.1, 0.15) is 17.5 Å². The van der Waals surface area contributed by atoms with Crippen molar-refractivity contribution in [2.24, 2.45) is 0 Å². The number of nitrogens with zero attached hydrogens (tertiary/aromatic N) is 5. The van der Waals surface area contributed by atoms with E-state index in [0.29, 0.717) is 17.9 Å². The average molecular weight is 304 g/mol. The van der Waals surface area contributed by atoms with E-state index in [1.807, 2.05) is 54.9 Å². The second kappa shape index (κ2) is 6.28. The highest BCUT2D eigenvalue weighted by Gasteiger charge is 2.12. The number of benzene rings is 1. The van der Waals surface area contributed by atoms with E-state index in [1.165, 1.54) is 0 Å². The van der Waals surface area contributed by atoms with Gasteiger partial charge in [-0.15, -0.1) is 5.10 Å². The smallest absolute Gasteiger partial charge is 0.167 e. The molecule has 2 heterocycles. The summed E-state index contributed by atoms with van der Waals surface area (Å²) in [6.07, 6.45) is 3.66. The third-order valence-corrected chi connectivity index (χ3v) is 3.73. The minimum absolute atomic E-state index is 0.452. The lowest BCUT2D eigenvalue weighted by Crippen LogP contribution is -2.11. The molecule has 0 spiro atoms. The lowest BCUT2D eigenvalue weighted by molar-refractivity contribution is 0.877. The highest BCUT2D eigenvalue weighted by molar-refractivity contribution is 5.55. The maximum atomic E-state index is 9.33. The Morgan fingerprint density at radius 2 is 1.96 bits per heavy atom. The quantitative estimate of drug-likeness (QED) is 0.801. The molecule has 1 aromatic carbocycles. The van der Waals surface area contributed by atoms with Crippen molar-refractivity contribution >= 4 is 5.82 Å². The van der Waals surface area contributed by atoms with Crippen LogP contribution in [0.1, 0.15) is 22.6 Å². The molecule has 0 aliphatic heterocycles. The normalized spacial score (nSPS) is 10.3. The van der Waals surface area contributed by atoms with E-state index >= 15 is 0 Å². The van der Waals surface area contributed by atoms with Crippen molar-refractivity contribution < 1.29 is 0 Å². The number of nitrogens with one attached hydrogen (secondary N) is 1. The predicted molar refractivity (Wildman–Crippen MR) is 87.1 cm³/mol. The van der Waals surface area contributed by atoms with Crippen LogP contribution in [0.3, 0.4) is 0 Å². The summed E-state index contributed by atoms with van der Waals surface area (Å²) in [4.78, 5) is 4.37. The zero-order valence-electron chi connectivity index (χ0n) is 13.0. The van der Waals surface area contributed by atoms with E-state index in [1.54, 1.807) is 6.20 Å². The highest BCUT2D eigenvalue weighted by atomic mass is 15.2. The van der Waals surface area contributed by atoms with E-state index in [2.05, 4.69) is 26.6 Å². The molecule has 0 amide bonds. The Hall–Kier alpha value is -3.20. The third kappa shape index (κ3) is 2.90. The monoisotopic (exact) mass is 304 g/mol. The minimum atomic E-state index is 0.452. The first kappa shape index (κ1) is 14.7. The number of para-hydroxylation sites is 1. The van der Waals surface area contributed by atoms with Crippen LogP contribution in [0.5, 0.6) is 0 Å². The summed E-state index contributed by atoms with van der Waals surface area (Å²) >= 11 is 0. The Balaban J connectivity index is 1.85. The van der Waals surface area contributed by atoms with Crippen LogP contribution < -0.4 is 5.32 Å². The van der Waals surface area contributed by atoms with Crippen molar-refractivity contribution in [1.82, 2.24) is 19.7 Å². The van der Waals surface area contributed by atoms with Gasteiger partial charge in [0.2, 0.25) is 0 Å². The summed E-state index contributed by atoms with van der Waals surface area (Å²) in [6.45, 7) is 4.17. The molecular formula is C17H16N6. The molecule has 0 unspecified atom stereocenters. The first-order chi connectivity index (χ1) is 11.2. The Bertz CT molecular complexity index is 861. The van der Waals surface area contributed by atoms with Crippen LogP contribution in [-0.4, -0.2) is 19.7 Å². The lowest BCUT2D eigenvalue weighted by atomic mass is 10.1. The molecular weight excluding hydrogens is 288 g/mol. The summed E-state index contributed by atoms with van der Waals surface area (Å²) < 4.78 is 1.99. The fourth-order valence-corrected chi connectivity index (χ4v) is 2.32. The molecule has 114 valence electrons. The number of aryl methyl sites for hydroxylation is 1. The summed E-state index contributed by atoms with van der Waals surface area (Å²) in [5.74, 6) is 1.32. The molecule has 0 fully saturated rings. The first-order valence-corrected chi connectivity index (χ1v) is 7.26. The summed E-state index contributed by atoms with van der Waals surface area (Å²) in [6, 6.07) is 12.2. The third-order valence-electron chi connectivity index (χ3n) is 3.73. The molecule has 0 aliphatic carbocycles. The van der Waals surface area contributed by atoms with Crippen LogP contribution in [0.15, 0.2) is 42.7 Å². The van der Waals surface area contributed by atoms with E-state index in [4.69, 9.17) is 0 Å². The van der Waals surface area contributed by atoms with E-state index < -0.39 is 0 Å². The van der Waals surface area contributed by atoms with Gasteiger partial charge in [-0.2, -0.15) is 10.4 Å². The van der Waals surface area contributed by atoms with Crippen molar-refractivity contribution in [3.8, 4) is 11.8 Å². The highest BCUT2D eigenvalue weighted by Crippen LogP contribution is 2.18. The number of aromatic nitrogens is 4. The maximum absolute atomic E-state index is 9.33. The molecule has 6 nitrogen and oxygen atoms in total. The number of hydrogen-bond acceptors (Lipinski definition) is 5. The predicted octanol–water partition coefficient (Wildman–Crippen LogP) is 2.76. The number of nitriles is 1. The van der Waals surface area contributed by atoms with Crippen LogP contribution >= 0.6 is 0 Å². The molecule has 1 N–H and O–H groups in total. The van der Waals surface area contributed by atoms with Crippen molar-refractivity contribution in [2.45, 2.75) is 20.4 Å². The topological polar surface area (TPSA) is 79.4 Å². The standard InChI is InChI=1S/C17H16N6/c1-12-13(2)21-22-17(15(12)10-18)20-11-16-19-8-9-23(16)14-6-4-3-5-7-14/h3-9H,11H2,1-2H3,(H,20,22). The van der Waals surface area contributed by atoms with Gasteiger partial charge in [-0.1, -0.05) is 18.2 Å². The van der Waals surface area contributed by atoms with Crippen molar-refractivity contribution in [3.63, 3.8) is 0 Å². The van der Waals surface area contributed by atoms with Crippen molar-refractivity contribution in [3.05, 3.63) is 65.4 Å². The Labute approximate surface area is 134 Å². The Morgan fingerprint density at radius 3 is 2.70 bits per heavy atom. The van der Waals surface area contributed by atoms with Gasteiger partial charge in [-0.05, 0) is 31.5 Å². The number of imidazole rings is 1. The van der Waals surface area contributed by atoms with Crippen molar-refractivity contribution in [1.29, 1.82) is 5.26 Å². The van der Waals surface area contributed by atoms with Crippen LogP contribution in [0.4, 0.5) is 5.82 Å². The van der Waals surface area contributed by atoms with Crippen LogP contribution in [0.25, 0.3) is 5.69 Å². The van der Waals surface area contributed by atoms with Gasteiger partial charge >= 0.3 is 0 Å². The molecule has 3 rings (SSSR count). The minimum Gasteiger partial charge on any atom is -0.360 e. The van der Waals surface area contributed by atoms with Crippen LogP contribution in [-0.2, 0) is 6.54 Å². The first-order valence-electron chi connectivity index (χ1n) is 7.26. The van der Waals surface area contributed by atoms with E-state index in [-0.39, 0.29) is 0 Å². The van der Waals surface area contributed by atoms with E-state index in [9.17, 15) is 5.26 Å². The number of anilines is 1. The zero-order valence-corrected chi connectivity index (χ0v) is 13.0. The molecule has 2 aromatic heterocycles. The lowest BCUT2D eigenvalue weighted by Gasteiger charge is -2.11. The zero-order chi connectivity index (χ0) is 16.2. The SMILES string of the molecule is Cc1nnc(NCc2nccn2-c2ccccc2)c(C#N)c1C. The van der Waals surface area contributed by atoms with Gasteiger partial charge < -0.3 is 9.88 Å². The van der Waals surface area contributed by atoms with Gasteiger partial charge in [-0.25, -0.2) is 4.98 Å². The summed E-state index contributed by atoms with van der Waals surface area (Å²) in [7, 11) is 0. The number of rotatable bonds is 4. The second-order valence-electron chi connectivity index (χ2n) is 5.15. The molecule has 0 bridgehead atoms. The Kier molecular flexibility index (Phi) is 4.02. The fraction of sp³-hybridized carbons (Fsp3) is 0.176. The van der Waals surface area contributed by atoms with Crippen molar-refractivity contribution in [2.75, 3.05) is 5.32 Å². The van der Waals surface area contributed by atoms with Gasteiger partial charge in [-0.3, -0.25) is 0 Å². The molecule has 3 aromatic rings. The molecule has 0 saturated heterocycles. The molecule has 0 aliphatic rings. The molecule has 6 heteroatoms. The molecule has 0 radical (unpaired) electrons.